The van der Waals surface area contributed by atoms with E-state index < -0.39 is 0 Å². The molecule has 2 rings (SSSR count). The molecule has 0 fully saturated rings. The van der Waals surface area contributed by atoms with Gasteiger partial charge in [-0.05, 0) is 29.8 Å². The second kappa shape index (κ2) is 6.82. The van der Waals surface area contributed by atoms with Gasteiger partial charge in [-0.3, -0.25) is 5.43 Å². The zero-order valence-corrected chi connectivity index (χ0v) is 12.0. The van der Waals surface area contributed by atoms with E-state index in [2.05, 4.69) is 10.5 Å². The number of hydrogen-bond acceptors (Lipinski definition) is 4. The first kappa shape index (κ1) is 14.2. The number of halogens is 1. The molecule has 0 aromatic heterocycles. The van der Waals surface area contributed by atoms with Gasteiger partial charge in [-0.25, -0.2) is 0 Å². The van der Waals surface area contributed by atoms with Crippen LogP contribution in [0.15, 0.2) is 47.6 Å². The fourth-order valence-electron chi connectivity index (χ4n) is 1.71. The molecule has 2 aromatic rings. The maximum atomic E-state index is 6.12. The van der Waals surface area contributed by atoms with Crippen LogP contribution in [0.2, 0.25) is 5.02 Å². The Kier molecular flexibility index (Phi) is 4.85. The zero-order chi connectivity index (χ0) is 14.4. The lowest BCUT2D eigenvalue weighted by Crippen LogP contribution is -1.95. The van der Waals surface area contributed by atoms with Crippen LogP contribution < -0.4 is 14.9 Å². The summed E-state index contributed by atoms with van der Waals surface area (Å²) in [6.07, 6.45) is 1.67. The molecule has 0 radical (unpaired) electrons. The van der Waals surface area contributed by atoms with E-state index in [4.69, 9.17) is 21.1 Å². The van der Waals surface area contributed by atoms with Crippen molar-refractivity contribution >= 4 is 23.5 Å². The Morgan fingerprint density at radius 1 is 1.10 bits per heavy atom. The molecule has 0 heterocycles. The van der Waals surface area contributed by atoms with Gasteiger partial charge in [0.25, 0.3) is 0 Å². The van der Waals surface area contributed by atoms with Gasteiger partial charge in [0, 0.05) is 0 Å². The van der Waals surface area contributed by atoms with Gasteiger partial charge < -0.3 is 9.47 Å². The third kappa shape index (κ3) is 3.42. The summed E-state index contributed by atoms with van der Waals surface area (Å²) in [6, 6.07) is 13.2. The normalized spacial score (nSPS) is 10.6. The Balaban J connectivity index is 2.15. The number of nitrogens with one attached hydrogen (secondary N) is 1. The molecule has 0 bridgehead atoms. The van der Waals surface area contributed by atoms with Gasteiger partial charge in [0.05, 0.1) is 31.1 Å². The maximum absolute atomic E-state index is 6.12. The molecule has 0 saturated carbocycles. The van der Waals surface area contributed by atoms with E-state index in [1.807, 2.05) is 30.3 Å². The minimum absolute atomic E-state index is 0.480. The number of hydrazone groups is 1. The number of benzene rings is 2. The highest BCUT2D eigenvalue weighted by atomic mass is 35.5. The van der Waals surface area contributed by atoms with Gasteiger partial charge in [0.1, 0.15) is 0 Å². The molecule has 2 aromatic carbocycles. The Hall–Kier alpha value is -2.20. The molecule has 104 valence electrons. The first-order valence-electron chi connectivity index (χ1n) is 6.00. The summed E-state index contributed by atoms with van der Waals surface area (Å²) in [5.41, 5.74) is 4.66. The molecule has 0 spiro atoms. The summed E-state index contributed by atoms with van der Waals surface area (Å²) in [7, 11) is 3.12. The average Bonchev–Trinajstić information content (AvgIpc) is 2.47. The minimum Gasteiger partial charge on any atom is -0.493 e. The molecule has 1 N–H and O–H groups in total. The van der Waals surface area contributed by atoms with E-state index in [-0.39, 0.29) is 0 Å². The van der Waals surface area contributed by atoms with Crippen molar-refractivity contribution in [1.29, 1.82) is 0 Å². The molecule has 0 unspecified atom stereocenters. The third-order valence-electron chi connectivity index (χ3n) is 2.64. The number of hydrogen-bond donors (Lipinski definition) is 1. The second-order valence-electron chi connectivity index (χ2n) is 3.97. The maximum Gasteiger partial charge on any atom is 0.179 e. The smallest absolute Gasteiger partial charge is 0.179 e. The molecule has 0 atom stereocenters. The van der Waals surface area contributed by atoms with Crippen LogP contribution in [0.4, 0.5) is 5.69 Å². The van der Waals surface area contributed by atoms with Crippen molar-refractivity contribution in [2.24, 2.45) is 5.10 Å². The highest BCUT2D eigenvalue weighted by Gasteiger charge is 2.09. The molecule has 0 aliphatic heterocycles. The van der Waals surface area contributed by atoms with E-state index in [1.54, 1.807) is 32.6 Å². The summed E-state index contributed by atoms with van der Waals surface area (Å²) in [6.45, 7) is 0. The third-order valence-corrected chi connectivity index (χ3v) is 2.92. The number of rotatable bonds is 5. The Morgan fingerprint density at radius 3 is 2.50 bits per heavy atom. The lowest BCUT2D eigenvalue weighted by molar-refractivity contribution is 0.355. The van der Waals surface area contributed by atoms with Gasteiger partial charge in [-0.15, -0.1) is 0 Å². The lowest BCUT2D eigenvalue weighted by Gasteiger charge is -2.09. The van der Waals surface area contributed by atoms with Crippen molar-refractivity contribution in [3.63, 3.8) is 0 Å². The van der Waals surface area contributed by atoms with Crippen molar-refractivity contribution in [2.75, 3.05) is 19.6 Å². The Labute approximate surface area is 123 Å². The topological polar surface area (TPSA) is 42.8 Å². The van der Waals surface area contributed by atoms with Crippen LogP contribution in [-0.4, -0.2) is 20.4 Å². The predicted octanol–water partition coefficient (Wildman–Crippen LogP) is 3.80. The Morgan fingerprint density at radius 2 is 1.85 bits per heavy atom. The van der Waals surface area contributed by atoms with Gasteiger partial charge in [0.2, 0.25) is 0 Å². The molecule has 0 aliphatic carbocycles. The number of methoxy groups -OCH3 is 2. The SMILES string of the molecule is COc1cc(/C=N/Nc2ccccc2)cc(Cl)c1OC. The van der Waals surface area contributed by atoms with Gasteiger partial charge in [0.15, 0.2) is 11.5 Å². The zero-order valence-electron chi connectivity index (χ0n) is 11.3. The molecular formula is C15H15ClN2O2. The summed E-state index contributed by atoms with van der Waals surface area (Å²) in [5.74, 6) is 1.09. The van der Waals surface area contributed by atoms with E-state index in [1.165, 1.54) is 0 Å². The molecule has 20 heavy (non-hydrogen) atoms. The van der Waals surface area contributed by atoms with Crippen molar-refractivity contribution in [3.8, 4) is 11.5 Å². The van der Waals surface area contributed by atoms with Crippen molar-refractivity contribution in [3.05, 3.63) is 53.1 Å². The van der Waals surface area contributed by atoms with Crippen molar-refractivity contribution < 1.29 is 9.47 Å². The lowest BCUT2D eigenvalue weighted by atomic mass is 10.2. The number of ether oxygens (including phenoxy) is 2. The van der Waals surface area contributed by atoms with Crippen molar-refractivity contribution in [1.82, 2.24) is 0 Å². The van der Waals surface area contributed by atoms with Crippen LogP contribution in [0.5, 0.6) is 11.5 Å². The summed E-state index contributed by atoms with van der Waals surface area (Å²) >= 11 is 6.12. The molecule has 0 aliphatic rings. The monoisotopic (exact) mass is 290 g/mol. The minimum atomic E-state index is 0.480. The molecular weight excluding hydrogens is 276 g/mol. The molecule has 5 heteroatoms. The van der Waals surface area contributed by atoms with Crippen LogP contribution in [0, 0.1) is 0 Å². The number of para-hydroxylation sites is 1. The quantitative estimate of drug-likeness (QED) is 0.673. The second-order valence-corrected chi connectivity index (χ2v) is 4.38. The van der Waals surface area contributed by atoms with Gasteiger partial charge >= 0.3 is 0 Å². The van der Waals surface area contributed by atoms with Crippen LogP contribution in [0.25, 0.3) is 0 Å². The highest BCUT2D eigenvalue weighted by molar-refractivity contribution is 6.32. The largest absolute Gasteiger partial charge is 0.493 e. The predicted molar refractivity (Wildman–Crippen MR) is 82.2 cm³/mol. The number of nitrogens with zero attached hydrogens (tertiary/aromatic N) is 1. The molecule has 0 amide bonds. The van der Waals surface area contributed by atoms with E-state index >= 15 is 0 Å². The van der Waals surface area contributed by atoms with Crippen LogP contribution in [0.1, 0.15) is 5.56 Å². The van der Waals surface area contributed by atoms with Crippen LogP contribution in [-0.2, 0) is 0 Å². The fraction of sp³-hybridized carbons (Fsp3) is 0.133. The summed E-state index contributed by atoms with van der Waals surface area (Å²) in [4.78, 5) is 0. The van der Waals surface area contributed by atoms with E-state index in [9.17, 15) is 0 Å². The number of anilines is 1. The van der Waals surface area contributed by atoms with E-state index in [0.29, 0.717) is 16.5 Å². The van der Waals surface area contributed by atoms with Crippen LogP contribution in [0.3, 0.4) is 0 Å². The molecule has 4 nitrogen and oxygen atoms in total. The van der Waals surface area contributed by atoms with Crippen LogP contribution >= 0.6 is 11.6 Å². The average molecular weight is 291 g/mol. The highest BCUT2D eigenvalue weighted by Crippen LogP contribution is 2.35. The summed E-state index contributed by atoms with van der Waals surface area (Å²) < 4.78 is 10.4. The van der Waals surface area contributed by atoms with Gasteiger partial charge in [-0.2, -0.15) is 5.10 Å². The van der Waals surface area contributed by atoms with E-state index in [0.717, 1.165) is 11.3 Å². The summed E-state index contributed by atoms with van der Waals surface area (Å²) in [5, 5.41) is 4.63. The van der Waals surface area contributed by atoms with Crippen molar-refractivity contribution in [2.45, 2.75) is 0 Å². The van der Waals surface area contributed by atoms with Gasteiger partial charge in [-0.1, -0.05) is 29.8 Å². The molecule has 0 saturated heterocycles. The Bertz CT molecular complexity index is 600. The fourth-order valence-corrected chi connectivity index (χ4v) is 2.00. The first-order chi connectivity index (χ1) is 9.74. The standard InChI is InChI=1S/C15H15ClN2O2/c1-19-14-9-11(8-13(16)15(14)20-2)10-17-18-12-6-4-3-5-7-12/h3-10,18H,1-2H3/b17-10+. The first-order valence-corrected chi connectivity index (χ1v) is 6.38.